The van der Waals surface area contributed by atoms with Crippen molar-refractivity contribution < 1.29 is 8.42 Å². The van der Waals surface area contributed by atoms with Crippen LogP contribution in [0.1, 0.15) is 22.3 Å². The third-order valence-corrected chi connectivity index (χ3v) is 6.90. The van der Waals surface area contributed by atoms with Gasteiger partial charge in [-0.1, -0.05) is 18.2 Å². The number of H-pyrrole nitrogens is 2. The lowest BCUT2D eigenvalue weighted by atomic mass is 10.1. The molecular formula is C23H21N7O4S3. The number of nitrogens with zero attached hydrogens (tertiary/aromatic N) is 2. The molecule has 0 saturated heterocycles. The molecule has 0 unspecified atom stereocenters. The van der Waals surface area contributed by atoms with E-state index in [9.17, 15) is 18.0 Å². The number of benzene rings is 2. The number of para-hydroxylation sites is 1. The topological polar surface area (TPSA) is 184 Å². The molecule has 0 saturated carbocycles. The predicted molar refractivity (Wildman–Crippen MR) is 147 cm³/mol. The van der Waals surface area contributed by atoms with Crippen LogP contribution in [0.4, 0.5) is 27.1 Å². The summed E-state index contributed by atoms with van der Waals surface area (Å²) in [4.78, 5) is 22.6. The van der Waals surface area contributed by atoms with Gasteiger partial charge in [-0.2, -0.15) is 10.5 Å². The van der Waals surface area contributed by atoms with Crippen LogP contribution in [0.5, 0.6) is 0 Å². The van der Waals surface area contributed by atoms with Crippen LogP contribution in [-0.4, -0.2) is 23.4 Å². The highest BCUT2D eigenvalue weighted by Gasteiger charge is 2.13. The zero-order valence-electron chi connectivity index (χ0n) is 19.8. The Kier molecular flexibility index (Phi) is 8.52. The van der Waals surface area contributed by atoms with Crippen LogP contribution in [0.2, 0.25) is 0 Å². The van der Waals surface area contributed by atoms with Crippen molar-refractivity contribution >= 4 is 60.2 Å². The first-order valence-corrected chi connectivity index (χ1v) is 14.0. The number of hydrogen-bond acceptors (Lipinski definition) is 10. The van der Waals surface area contributed by atoms with Gasteiger partial charge < -0.3 is 10.6 Å². The molecule has 0 fully saturated rings. The Morgan fingerprint density at radius 3 is 1.70 bits per heavy atom. The summed E-state index contributed by atoms with van der Waals surface area (Å²) < 4.78 is 30.2. The smallest absolute Gasteiger partial charge is 0.278 e. The number of aromatic nitrogens is 2. The summed E-state index contributed by atoms with van der Waals surface area (Å²) in [6, 6.07) is 16.6. The summed E-state index contributed by atoms with van der Waals surface area (Å²) in [6.07, 6.45) is 1.09. The van der Waals surface area contributed by atoms with Crippen LogP contribution in [0.3, 0.4) is 0 Å². The van der Waals surface area contributed by atoms with Gasteiger partial charge >= 0.3 is 0 Å². The Morgan fingerprint density at radius 1 is 0.811 bits per heavy atom. The molecule has 0 amide bonds. The highest BCUT2D eigenvalue weighted by Crippen LogP contribution is 2.29. The standard InChI is InChI=1S/C13H14N4O3S2.C10H7N3OS/c1-7-4-9(5-8(2)11(7)17-22(3,19)20)15-13-10(6-14)12(18)16-21-13;11-6-8-9(14)13-15-10(8)12-7-4-2-1-3-5-7/h4-5,15,17H,1-3H3,(H,16,18);1-5,12H,(H,13,14). The SMILES string of the molecule is Cc1cc(Nc2s[nH]c(=O)c2C#N)cc(C)c1NS(C)(=O)=O.N#Cc1c(Nc2ccccc2)s[nH]c1=O. The van der Waals surface area contributed by atoms with Crippen molar-refractivity contribution in [3.8, 4) is 12.1 Å². The van der Waals surface area contributed by atoms with Crippen molar-refractivity contribution in [2.45, 2.75) is 13.8 Å². The average molecular weight is 556 g/mol. The Labute approximate surface area is 220 Å². The van der Waals surface area contributed by atoms with Gasteiger partial charge in [0.05, 0.1) is 11.9 Å². The fraction of sp³-hybridized carbons (Fsp3) is 0.130. The van der Waals surface area contributed by atoms with Crippen molar-refractivity contribution in [2.24, 2.45) is 0 Å². The molecule has 2 heterocycles. The fourth-order valence-electron chi connectivity index (χ4n) is 3.15. The van der Waals surface area contributed by atoms with E-state index in [-0.39, 0.29) is 16.7 Å². The predicted octanol–water partition coefficient (Wildman–Crippen LogP) is 4.09. The van der Waals surface area contributed by atoms with Gasteiger partial charge in [0.1, 0.15) is 22.1 Å². The van der Waals surface area contributed by atoms with Gasteiger partial charge in [-0.25, -0.2) is 8.42 Å². The van der Waals surface area contributed by atoms with Gasteiger partial charge in [0.2, 0.25) is 10.0 Å². The first-order valence-electron chi connectivity index (χ1n) is 10.4. The molecule has 0 spiro atoms. The van der Waals surface area contributed by atoms with Crippen LogP contribution in [-0.2, 0) is 10.0 Å². The Balaban J connectivity index is 0.000000220. The van der Waals surface area contributed by atoms with E-state index in [0.717, 1.165) is 46.1 Å². The molecule has 0 bridgehead atoms. The molecule has 37 heavy (non-hydrogen) atoms. The first-order chi connectivity index (χ1) is 17.5. The van der Waals surface area contributed by atoms with E-state index in [1.54, 1.807) is 26.0 Å². The molecular weight excluding hydrogens is 534 g/mol. The number of aromatic amines is 2. The average Bonchev–Trinajstić information content (AvgIpc) is 3.37. The van der Waals surface area contributed by atoms with Crippen molar-refractivity contribution in [1.29, 1.82) is 10.5 Å². The number of nitriles is 2. The molecule has 0 aliphatic heterocycles. The summed E-state index contributed by atoms with van der Waals surface area (Å²) in [6.45, 7) is 3.55. The van der Waals surface area contributed by atoms with Crippen molar-refractivity contribution in [3.63, 3.8) is 0 Å². The van der Waals surface area contributed by atoms with Crippen molar-refractivity contribution in [3.05, 3.63) is 85.4 Å². The van der Waals surface area contributed by atoms with Crippen LogP contribution >= 0.6 is 23.1 Å². The van der Waals surface area contributed by atoms with Crippen LogP contribution < -0.4 is 26.5 Å². The Morgan fingerprint density at radius 2 is 1.27 bits per heavy atom. The van der Waals surface area contributed by atoms with Gasteiger partial charge in [-0.15, -0.1) is 0 Å². The third kappa shape index (κ3) is 7.08. The number of aryl methyl sites for hydroxylation is 2. The number of hydrogen-bond donors (Lipinski definition) is 5. The van der Waals surface area contributed by atoms with Crippen LogP contribution in [0.15, 0.2) is 52.1 Å². The number of anilines is 5. The zero-order chi connectivity index (χ0) is 27.2. The zero-order valence-corrected chi connectivity index (χ0v) is 22.2. The minimum absolute atomic E-state index is 0.0265. The number of nitrogens with one attached hydrogen (secondary N) is 5. The van der Waals surface area contributed by atoms with Crippen LogP contribution in [0, 0.1) is 36.5 Å². The van der Waals surface area contributed by atoms with Gasteiger partial charge in [-0.05, 0) is 72.3 Å². The maximum atomic E-state index is 11.4. The maximum Gasteiger partial charge on any atom is 0.278 e. The second-order valence-electron chi connectivity index (χ2n) is 7.67. The fourth-order valence-corrected chi connectivity index (χ4v) is 5.25. The highest BCUT2D eigenvalue weighted by molar-refractivity contribution is 7.92. The Bertz CT molecular complexity index is 1700. The number of sulfonamides is 1. The van der Waals surface area contributed by atoms with E-state index in [0.29, 0.717) is 21.4 Å². The molecule has 11 nitrogen and oxygen atoms in total. The molecule has 0 aliphatic rings. The van der Waals surface area contributed by atoms with Crippen LogP contribution in [0.25, 0.3) is 0 Å². The molecule has 4 rings (SSSR count). The summed E-state index contributed by atoms with van der Waals surface area (Å²) >= 11 is 2.16. The van der Waals surface area contributed by atoms with Crippen molar-refractivity contribution in [2.75, 3.05) is 21.6 Å². The van der Waals surface area contributed by atoms with Gasteiger partial charge in [0.15, 0.2) is 11.1 Å². The van der Waals surface area contributed by atoms with E-state index >= 15 is 0 Å². The molecule has 5 N–H and O–H groups in total. The van der Waals surface area contributed by atoms with Gasteiger partial charge in [0, 0.05) is 11.4 Å². The normalized spacial score (nSPS) is 10.4. The summed E-state index contributed by atoms with van der Waals surface area (Å²) in [5, 5.41) is 24.7. The second kappa shape index (κ2) is 11.6. The molecule has 2 aromatic carbocycles. The minimum Gasteiger partial charge on any atom is -0.345 e. The van der Waals surface area contributed by atoms with E-state index in [1.165, 1.54) is 0 Å². The maximum absolute atomic E-state index is 11.4. The molecule has 0 atom stereocenters. The molecule has 0 radical (unpaired) electrons. The summed E-state index contributed by atoms with van der Waals surface area (Å²) in [5.74, 6) is 0. The van der Waals surface area contributed by atoms with E-state index in [4.69, 9.17) is 10.5 Å². The summed E-state index contributed by atoms with van der Waals surface area (Å²) in [5.41, 5.74) is 2.88. The quantitative estimate of drug-likeness (QED) is 0.235. The summed E-state index contributed by atoms with van der Waals surface area (Å²) in [7, 11) is -3.36. The lowest BCUT2D eigenvalue weighted by Crippen LogP contribution is -2.12. The Hall–Kier alpha value is -4.37. The lowest BCUT2D eigenvalue weighted by Gasteiger charge is -2.14. The molecule has 0 aliphatic carbocycles. The molecule has 2 aromatic heterocycles. The highest BCUT2D eigenvalue weighted by atomic mass is 32.2. The molecule has 14 heteroatoms. The van der Waals surface area contributed by atoms with E-state index in [1.807, 2.05) is 42.5 Å². The van der Waals surface area contributed by atoms with Gasteiger partial charge in [0.25, 0.3) is 11.1 Å². The monoisotopic (exact) mass is 555 g/mol. The third-order valence-electron chi connectivity index (χ3n) is 4.73. The van der Waals surface area contributed by atoms with E-state index in [2.05, 4.69) is 24.1 Å². The van der Waals surface area contributed by atoms with Crippen molar-refractivity contribution in [1.82, 2.24) is 8.75 Å². The molecule has 4 aromatic rings. The number of rotatable bonds is 6. The second-order valence-corrected chi connectivity index (χ2v) is 11.1. The van der Waals surface area contributed by atoms with E-state index < -0.39 is 15.6 Å². The largest absolute Gasteiger partial charge is 0.345 e. The molecule has 190 valence electrons. The lowest BCUT2D eigenvalue weighted by molar-refractivity contribution is 0.606. The minimum atomic E-state index is -3.36. The van der Waals surface area contributed by atoms with Gasteiger partial charge in [-0.3, -0.25) is 23.1 Å². The first kappa shape index (κ1) is 27.2.